The Morgan fingerprint density at radius 1 is 1.32 bits per heavy atom. The number of carbonyl (C=O) groups is 2. The maximum atomic E-state index is 12.7. The van der Waals surface area contributed by atoms with E-state index in [0.717, 1.165) is 5.56 Å². The number of carboxylic acids is 1. The van der Waals surface area contributed by atoms with Gasteiger partial charge in [0.1, 0.15) is 11.4 Å². The number of urea groups is 1. The van der Waals surface area contributed by atoms with Crippen LogP contribution in [0.2, 0.25) is 0 Å². The predicted molar refractivity (Wildman–Crippen MR) is 68.1 cm³/mol. The van der Waals surface area contributed by atoms with Gasteiger partial charge >= 0.3 is 12.0 Å². The first-order valence-electron chi connectivity index (χ1n) is 5.91. The van der Waals surface area contributed by atoms with E-state index in [9.17, 15) is 14.0 Å². The van der Waals surface area contributed by atoms with Crippen LogP contribution in [0.1, 0.15) is 25.8 Å². The molecule has 0 aliphatic carbocycles. The van der Waals surface area contributed by atoms with Crippen LogP contribution in [0, 0.1) is 5.82 Å². The van der Waals surface area contributed by atoms with Gasteiger partial charge in [-0.2, -0.15) is 0 Å². The molecule has 3 N–H and O–H groups in total. The fourth-order valence-corrected chi connectivity index (χ4v) is 1.37. The summed E-state index contributed by atoms with van der Waals surface area (Å²) < 4.78 is 12.7. The molecule has 0 aliphatic heterocycles. The summed E-state index contributed by atoms with van der Waals surface area (Å²) in [6.45, 7) is 3.31. The Balaban J connectivity index is 2.52. The maximum absolute atomic E-state index is 12.7. The largest absolute Gasteiger partial charge is 0.480 e. The summed E-state index contributed by atoms with van der Waals surface area (Å²) in [4.78, 5) is 22.6. The van der Waals surface area contributed by atoms with E-state index < -0.39 is 17.5 Å². The Kier molecular flexibility index (Phi) is 4.86. The number of hydrogen-bond donors (Lipinski definition) is 3. The number of aliphatic carboxylic acids is 1. The quantitative estimate of drug-likeness (QED) is 0.763. The summed E-state index contributed by atoms with van der Waals surface area (Å²) in [5, 5.41) is 13.9. The minimum atomic E-state index is -1.30. The third-order valence-corrected chi connectivity index (χ3v) is 2.93. The van der Waals surface area contributed by atoms with Crippen LogP contribution in [0.3, 0.4) is 0 Å². The molecule has 0 bridgehead atoms. The lowest BCUT2D eigenvalue weighted by Gasteiger charge is -2.24. The normalized spacial score (nSPS) is 13.4. The second-order valence-corrected chi connectivity index (χ2v) is 4.42. The monoisotopic (exact) mass is 268 g/mol. The summed E-state index contributed by atoms with van der Waals surface area (Å²) in [5.41, 5.74) is -0.572. The van der Waals surface area contributed by atoms with Crippen molar-refractivity contribution in [3.05, 3.63) is 35.6 Å². The lowest BCUT2D eigenvalue weighted by molar-refractivity contribution is -0.143. The molecule has 0 radical (unpaired) electrons. The lowest BCUT2D eigenvalue weighted by atomic mass is 10.00. The van der Waals surface area contributed by atoms with Gasteiger partial charge in [-0.25, -0.2) is 14.0 Å². The number of benzene rings is 1. The molecule has 0 aromatic heterocycles. The van der Waals surface area contributed by atoms with Crippen LogP contribution >= 0.6 is 0 Å². The summed E-state index contributed by atoms with van der Waals surface area (Å²) in [6.07, 6.45) is 0.270. The van der Waals surface area contributed by atoms with Gasteiger partial charge in [-0.15, -0.1) is 0 Å². The van der Waals surface area contributed by atoms with Gasteiger partial charge in [-0.3, -0.25) is 0 Å². The fourth-order valence-electron chi connectivity index (χ4n) is 1.37. The highest BCUT2D eigenvalue weighted by atomic mass is 19.1. The number of halogens is 1. The molecule has 19 heavy (non-hydrogen) atoms. The van der Waals surface area contributed by atoms with Gasteiger partial charge in [0.2, 0.25) is 0 Å². The Hall–Kier alpha value is -2.11. The molecule has 0 fully saturated rings. The Bertz CT molecular complexity index is 461. The summed E-state index contributed by atoms with van der Waals surface area (Å²) >= 11 is 0. The highest BCUT2D eigenvalue weighted by molar-refractivity contribution is 5.85. The first-order chi connectivity index (χ1) is 8.87. The molecule has 0 aliphatic rings. The molecule has 0 spiro atoms. The van der Waals surface area contributed by atoms with E-state index in [4.69, 9.17) is 5.11 Å². The van der Waals surface area contributed by atoms with Gasteiger partial charge in [0, 0.05) is 6.54 Å². The fraction of sp³-hybridized carbons (Fsp3) is 0.385. The maximum Gasteiger partial charge on any atom is 0.329 e. The zero-order chi connectivity index (χ0) is 14.5. The SMILES string of the molecule is CCC(C)(NC(=O)NCc1ccc(F)cc1)C(=O)O. The van der Waals surface area contributed by atoms with Gasteiger partial charge in [-0.05, 0) is 31.0 Å². The van der Waals surface area contributed by atoms with Crippen LogP contribution < -0.4 is 10.6 Å². The van der Waals surface area contributed by atoms with Gasteiger partial charge in [0.15, 0.2) is 0 Å². The minimum absolute atomic E-state index is 0.200. The zero-order valence-corrected chi connectivity index (χ0v) is 10.9. The van der Waals surface area contributed by atoms with Crippen molar-refractivity contribution < 1.29 is 19.1 Å². The van der Waals surface area contributed by atoms with E-state index in [1.54, 1.807) is 19.1 Å². The third-order valence-electron chi connectivity index (χ3n) is 2.93. The zero-order valence-electron chi connectivity index (χ0n) is 10.9. The molecule has 6 heteroatoms. The van der Waals surface area contributed by atoms with Crippen molar-refractivity contribution in [1.82, 2.24) is 10.6 Å². The Morgan fingerprint density at radius 3 is 2.37 bits per heavy atom. The van der Waals surface area contributed by atoms with Crippen molar-refractivity contribution >= 4 is 12.0 Å². The van der Waals surface area contributed by atoms with E-state index in [1.165, 1.54) is 19.1 Å². The molecular weight excluding hydrogens is 251 g/mol. The standard InChI is InChI=1S/C13H17FN2O3/c1-3-13(2,11(17)18)16-12(19)15-8-9-4-6-10(14)7-5-9/h4-7H,3,8H2,1-2H3,(H,17,18)(H2,15,16,19). The van der Waals surface area contributed by atoms with Crippen molar-refractivity contribution in [2.75, 3.05) is 0 Å². The first-order valence-corrected chi connectivity index (χ1v) is 5.91. The summed E-state index contributed by atoms with van der Waals surface area (Å²) in [6, 6.07) is 5.11. The first kappa shape index (κ1) is 14.9. The average Bonchev–Trinajstić information content (AvgIpc) is 2.37. The highest BCUT2D eigenvalue weighted by Gasteiger charge is 2.32. The molecule has 104 valence electrons. The minimum Gasteiger partial charge on any atom is -0.480 e. The second kappa shape index (κ2) is 6.17. The number of carboxylic acid groups (broad SMARTS) is 1. The van der Waals surface area contributed by atoms with E-state index >= 15 is 0 Å². The molecule has 1 aromatic carbocycles. The van der Waals surface area contributed by atoms with Gasteiger partial charge in [0.05, 0.1) is 0 Å². The van der Waals surface area contributed by atoms with Crippen molar-refractivity contribution in [1.29, 1.82) is 0 Å². The second-order valence-electron chi connectivity index (χ2n) is 4.42. The average molecular weight is 268 g/mol. The molecule has 5 nitrogen and oxygen atoms in total. The Morgan fingerprint density at radius 2 is 1.89 bits per heavy atom. The van der Waals surface area contributed by atoms with Gasteiger partial charge < -0.3 is 15.7 Å². The molecule has 1 unspecified atom stereocenters. The molecule has 2 amide bonds. The number of nitrogens with one attached hydrogen (secondary N) is 2. The van der Waals surface area contributed by atoms with E-state index in [2.05, 4.69) is 10.6 Å². The lowest BCUT2D eigenvalue weighted by Crippen LogP contribution is -2.54. The molecular formula is C13H17FN2O3. The van der Waals surface area contributed by atoms with Gasteiger partial charge in [-0.1, -0.05) is 19.1 Å². The molecule has 1 rings (SSSR count). The third kappa shape index (κ3) is 4.24. The van der Waals surface area contributed by atoms with Crippen LogP contribution in [-0.4, -0.2) is 22.6 Å². The molecule has 0 heterocycles. The summed E-state index contributed by atoms with van der Waals surface area (Å²) in [7, 11) is 0. The molecule has 0 saturated carbocycles. The van der Waals surface area contributed by atoms with Crippen molar-refractivity contribution in [2.45, 2.75) is 32.4 Å². The summed E-state index contributed by atoms with van der Waals surface area (Å²) in [5.74, 6) is -1.44. The molecule has 1 aromatic rings. The van der Waals surface area contributed by atoms with Crippen molar-refractivity contribution in [3.8, 4) is 0 Å². The van der Waals surface area contributed by atoms with Crippen LogP contribution in [0.15, 0.2) is 24.3 Å². The van der Waals surface area contributed by atoms with Crippen LogP contribution in [0.25, 0.3) is 0 Å². The smallest absolute Gasteiger partial charge is 0.329 e. The number of hydrogen-bond acceptors (Lipinski definition) is 2. The van der Waals surface area contributed by atoms with Crippen LogP contribution in [0.5, 0.6) is 0 Å². The topological polar surface area (TPSA) is 78.4 Å². The predicted octanol–water partition coefficient (Wildman–Crippen LogP) is 1.88. The van der Waals surface area contributed by atoms with Crippen molar-refractivity contribution in [2.24, 2.45) is 0 Å². The van der Waals surface area contributed by atoms with E-state index in [-0.39, 0.29) is 18.8 Å². The highest BCUT2D eigenvalue weighted by Crippen LogP contribution is 2.09. The van der Waals surface area contributed by atoms with E-state index in [1.807, 2.05) is 0 Å². The van der Waals surface area contributed by atoms with Crippen LogP contribution in [-0.2, 0) is 11.3 Å². The van der Waals surface area contributed by atoms with Crippen LogP contribution in [0.4, 0.5) is 9.18 Å². The Labute approximate surface area is 110 Å². The molecule has 0 saturated heterocycles. The molecule has 1 atom stereocenters. The number of carbonyl (C=O) groups excluding carboxylic acids is 1. The van der Waals surface area contributed by atoms with Gasteiger partial charge in [0.25, 0.3) is 0 Å². The van der Waals surface area contributed by atoms with Crippen molar-refractivity contribution in [3.63, 3.8) is 0 Å². The number of rotatable bonds is 5. The van der Waals surface area contributed by atoms with E-state index in [0.29, 0.717) is 0 Å². The number of amides is 2.